The maximum Gasteiger partial charge on any atom is 0.419 e. The van der Waals surface area contributed by atoms with E-state index in [0.717, 1.165) is 31.6 Å². The predicted molar refractivity (Wildman–Crippen MR) is 94.3 cm³/mol. The van der Waals surface area contributed by atoms with Crippen LogP contribution in [0.15, 0.2) is 46.1 Å². The number of oxazole rings is 1. The van der Waals surface area contributed by atoms with Gasteiger partial charge < -0.3 is 4.42 Å². The van der Waals surface area contributed by atoms with Crippen LogP contribution < -0.4 is 5.76 Å². The predicted octanol–water partition coefficient (Wildman–Crippen LogP) is 2.13. The zero-order valence-corrected chi connectivity index (χ0v) is 14.3. The minimum Gasteiger partial charge on any atom is -0.408 e. The van der Waals surface area contributed by atoms with Crippen LogP contribution in [0.4, 0.5) is 0 Å². The summed E-state index contributed by atoms with van der Waals surface area (Å²) < 4.78 is 8.96. The van der Waals surface area contributed by atoms with Crippen molar-refractivity contribution in [2.75, 3.05) is 13.1 Å². The van der Waals surface area contributed by atoms with Gasteiger partial charge in [-0.05, 0) is 37.9 Å². The molecule has 1 atom stereocenters. The molecule has 3 aromatic rings. The highest BCUT2D eigenvalue weighted by Gasteiger charge is 2.22. The van der Waals surface area contributed by atoms with Crippen LogP contribution in [0.5, 0.6) is 0 Å². The summed E-state index contributed by atoms with van der Waals surface area (Å²) in [5.41, 5.74) is 1.54. The molecule has 0 radical (unpaired) electrons. The van der Waals surface area contributed by atoms with Crippen LogP contribution in [0, 0.1) is 0 Å². The number of aryl methyl sites for hydroxylation is 1. The summed E-state index contributed by atoms with van der Waals surface area (Å²) in [5, 5.41) is 4.23. The van der Waals surface area contributed by atoms with Gasteiger partial charge in [-0.25, -0.2) is 9.78 Å². The zero-order valence-electron chi connectivity index (χ0n) is 14.3. The quantitative estimate of drug-likeness (QED) is 0.687. The Labute approximate surface area is 145 Å². The molecule has 2 aromatic heterocycles. The Kier molecular flexibility index (Phi) is 4.65. The molecular weight excluding hydrogens is 318 g/mol. The van der Waals surface area contributed by atoms with Gasteiger partial charge in [-0.3, -0.25) is 14.1 Å². The van der Waals surface area contributed by atoms with Crippen LogP contribution >= 0.6 is 0 Å². The number of hydrogen-bond donors (Lipinski definition) is 0. The van der Waals surface area contributed by atoms with Crippen molar-refractivity contribution in [2.45, 2.75) is 44.8 Å². The summed E-state index contributed by atoms with van der Waals surface area (Å²) in [6.45, 7) is 3.66. The monoisotopic (exact) mass is 341 g/mol. The Morgan fingerprint density at radius 3 is 3.00 bits per heavy atom. The van der Waals surface area contributed by atoms with Crippen LogP contribution in [0.25, 0.3) is 11.1 Å². The first-order valence-electron chi connectivity index (χ1n) is 8.96. The first kappa shape index (κ1) is 16.1. The second-order valence-corrected chi connectivity index (χ2v) is 6.64. The SMILES string of the molecule is O=c1oc2ccccc2n1CCCN1CCCCC1Cn1cncn1. The van der Waals surface area contributed by atoms with Gasteiger partial charge in [0, 0.05) is 19.1 Å². The van der Waals surface area contributed by atoms with E-state index in [0.29, 0.717) is 18.2 Å². The van der Waals surface area contributed by atoms with Gasteiger partial charge in [-0.15, -0.1) is 0 Å². The average Bonchev–Trinajstić information content (AvgIpc) is 3.24. The highest BCUT2D eigenvalue weighted by molar-refractivity contribution is 5.72. The van der Waals surface area contributed by atoms with Gasteiger partial charge in [-0.2, -0.15) is 5.10 Å². The van der Waals surface area contributed by atoms with Gasteiger partial charge in [0.2, 0.25) is 0 Å². The number of likely N-dealkylation sites (tertiary alicyclic amines) is 1. The number of benzene rings is 1. The van der Waals surface area contributed by atoms with E-state index in [-0.39, 0.29) is 5.76 Å². The molecule has 1 saturated heterocycles. The van der Waals surface area contributed by atoms with Crippen LogP contribution in [-0.2, 0) is 13.1 Å². The average molecular weight is 341 g/mol. The topological polar surface area (TPSA) is 69.1 Å². The summed E-state index contributed by atoms with van der Waals surface area (Å²) in [5.74, 6) is -0.265. The van der Waals surface area contributed by atoms with E-state index in [1.165, 1.54) is 19.3 Å². The first-order valence-corrected chi connectivity index (χ1v) is 8.96. The van der Waals surface area contributed by atoms with Gasteiger partial charge in [0.1, 0.15) is 12.7 Å². The fourth-order valence-electron chi connectivity index (χ4n) is 3.76. The van der Waals surface area contributed by atoms with E-state index in [1.807, 2.05) is 28.9 Å². The molecule has 0 saturated carbocycles. The molecule has 0 spiro atoms. The van der Waals surface area contributed by atoms with Crippen LogP contribution in [0.2, 0.25) is 0 Å². The Hall–Kier alpha value is -2.41. The van der Waals surface area contributed by atoms with Gasteiger partial charge in [-0.1, -0.05) is 18.6 Å². The minimum atomic E-state index is -0.265. The molecule has 4 rings (SSSR count). The molecular formula is C18H23N5O2. The van der Waals surface area contributed by atoms with Crippen molar-refractivity contribution in [1.82, 2.24) is 24.2 Å². The largest absolute Gasteiger partial charge is 0.419 e. The summed E-state index contributed by atoms with van der Waals surface area (Å²) in [6, 6.07) is 8.10. The smallest absolute Gasteiger partial charge is 0.408 e. The molecule has 132 valence electrons. The van der Waals surface area contributed by atoms with Gasteiger partial charge in [0.15, 0.2) is 5.58 Å². The van der Waals surface area contributed by atoms with Crippen LogP contribution in [0.3, 0.4) is 0 Å². The van der Waals surface area contributed by atoms with E-state index >= 15 is 0 Å². The van der Waals surface area contributed by atoms with Crippen LogP contribution in [-0.4, -0.2) is 43.4 Å². The van der Waals surface area contributed by atoms with E-state index in [4.69, 9.17) is 4.42 Å². The van der Waals surface area contributed by atoms with Crippen molar-refractivity contribution in [3.05, 3.63) is 47.5 Å². The molecule has 7 nitrogen and oxygen atoms in total. The molecule has 1 aliphatic heterocycles. The standard InChI is InChI=1S/C18H23N5O2/c24-18-23(16-7-1-2-8-17(16)25-18)11-5-10-21-9-4-3-6-15(21)12-22-14-19-13-20-22/h1-2,7-8,13-15H,3-6,9-12H2. The van der Waals surface area contributed by atoms with Crippen molar-refractivity contribution < 1.29 is 4.42 Å². The van der Waals surface area contributed by atoms with Gasteiger partial charge in [0.05, 0.1) is 12.1 Å². The zero-order chi connectivity index (χ0) is 17.1. The minimum absolute atomic E-state index is 0.265. The van der Waals surface area contributed by atoms with Crippen LogP contribution in [0.1, 0.15) is 25.7 Å². The Bertz CT molecular complexity index is 867. The number of piperidine rings is 1. The lowest BCUT2D eigenvalue weighted by atomic mass is 10.0. The van der Waals surface area contributed by atoms with Crippen molar-refractivity contribution in [3.8, 4) is 0 Å². The second-order valence-electron chi connectivity index (χ2n) is 6.64. The van der Waals surface area contributed by atoms with Gasteiger partial charge in [0.25, 0.3) is 0 Å². The maximum atomic E-state index is 12.1. The van der Waals surface area contributed by atoms with E-state index in [2.05, 4.69) is 15.0 Å². The van der Waals surface area contributed by atoms with E-state index < -0.39 is 0 Å². The summed E-state index contributed by atoms with van der Waals surface area (Å²) in [7, 11) is 0. The molecule has 1 aliphatic rings. The molecule has 0 bridgehead atoms. The number of rotatable bonds is 6. The maximum absolute atomic E-state index is 12.1. The first-order chi connectivity index (χ1) is 12.3. The highest BCUT2D eigenvalue weighted by atomic mass is 16.4. The molecule has 3 heterocycles. The molecule has 1 unspecified atom stereocenters. The Morgan fingerprint density at radius 2 is 2.12 bits per heavy atom. The summed E-state index contributed by atoms with van der Waals surface area (Å²) >= 11 is 0. The number of fused-ring (bicyclic) bond motifs is 1. The lowest BCUT2D eigenvalue weighted by Crippen LogP contribution is -2.43. The molecule has 0 N–H and O–H groups in total. The molecule has 1 aromatic carbocycles. The number of nitrogens with zero attached hydrogens (tertiary/aromatic N) is 5. The Morgan fingerprint density at radius 1 is 1.20 bits per heavy atom. The van der Waals surface area contributed by atoms with E-state index in [9.17, 15) is 4.79 Å². The molecule has 0 aliphatic carbocycles. The highest BCUT2D eigenvalue weighted by Crippen LogP contribution is 2.19. The number of aromatic nitrogens is 4. The van der Waals surface area contributed by atoms with Crippen molar-refractivity contribution in [3.63, 3.8) is 0 Å². The summed E-state index contributed by atoms with van der Waals surface area (Å²) in [6.07, 6.45) is 7.99. The van der Waals surface area contributed by atoms with Crippen molar-refractivity contribution in [1.29, 1.82) is 0 Å². The molecule has 25 heavy (non-hydrogen) atoms. The third kappa shape index (κ3) is 3.51. The lowest BCUT2D eigenvalue weighted by Gasteiger charge is -2.35. The summed E-state index contributed by atoms with van der Waals surface area (Å²) in [4.78, 5) is 18.6. The number of hydrogen-bond acceptors (Lipinski definition) is 5. The second kappa shape index (κ2) is 7.23. The normalized spacial score (nSPS) is 18.8. The van der Waals surface area contributed by atoms with Crippen molar-refractivity contribution >= 4 is 11.1 Å². The third-order valence-corrected chi connectivity index (χ3v) is 5.01. The molecule has 0 amide bonds. The molecule has 7 heteroatoms. The fraction of sp³-hybridized carbons (Fsp3) is 0.500. The Balaban J connectivity index is 1.39. The third-order valence-electron chi connectivity index (χ3n) is 5.01. The fourth-order valence-corrected chi connectivity index (χ4v) is 3.76. The lowest BCUT2D eigenvalue weighted by molar-refractivity contribution is 0.126. The van der Waals surface area contributed by atoms with E-state index in [1.54, 1.807) is 17.2 Å². The van der Waals surface area contributed by atoms with Gasteiger partial charge >= 0.3 is 5.76 Å². The molecule has 1 fully saturated rings. The number of para-hydroxylation sites is 2. The van der Waals surface area contributed by atoms with Crippen molar-refractivity contribution in [2.24, 2.45) is 0 Å².